The number of hydrogen-bond donors (Lipinski definition) is 1. The summed E-state index contributed by atoms with van der Waals surface area (Å²) < 4.78 is 12.8. The number of hydrogen-bond acceptors (Lipinski definition) is 3. The van der Waals surface area contributed by atoms with Crippen LogP contribution in [-0.2, 0) is 0 Å². The van der Waals surface area contributed by atoms with Gasteiger partial charge in [0.1, 0.15) is 5.82 Å². The highest BCUT2D eigenvalue weighted by Gasteiger charge is 2.24. The lowest BCUT2D eigenvalue weighted by molar-refractivity contribution is 0.0743. The first-order chi connectivity index (χ1) is 8.47. The van der Waals surface area contributed by atoms with Gasteiger partial charge in [0.05, 0.1) is 12.6 Å². The van der Waals surface area contributed by atoms with Crippen LogP contribution in [0.4, 0.5) is 4.39 Å². The van der Waals surface area contributed by atoms with E-state index in [0.717, 1.165) is 0 Å². The Labute approximate surface area is 107 Å². The number of carbonyl (C=O) groups excluding carboxylic acids is 1. The second kappa shape index (κ2) is 6.61. The quantitative estimate of drug-likeness (QED) is 0.789. The zero-order valence-electron chi connectivity index (χ0n) is 11.1. The molecule has 1 rings (SSSR count). The molecule has 1 N–H and O–H groups in total. The van der Waals surface area contributed by atoms with Gasteiger partial charge in [-0.25, -0.2) is 4.39 Å². The minimum absolute atomic E-state index is 0.0131. The molecule has 18 heavy (non-hydrogen) atoms. The molecule has 0 aliphatic rings. The van der Waals surface area contributed by atoms with Crippen molar-refractivity contribution in [3.8, 4) is 0 Å². The Morgan fingerprint density at radius 3 is 2.28 bits per heavy atom. The third-order valence-electron chi connectivity index (χ3n) is 3.03. The van der Waals surface area contributed by atoms with Gasteiger partial charge in [-0.15, -0.1) is 0 Å². The topological polar surface area (TPSA) is 40.5 Å². The maximum Gasteiger partial charge on any atom is 0.179 e. The fourth-order valence-electron chi connectivity index (χ4n) is 2.02. The van der Waals surface area contributed by atoms with E-state index in [0.29, 0.717) is 12.1 Å². The van der Waals surface area contributed by atoms with E-state index in [9.17, 15) is 9.18 Å². The van der Waals surface area contributed by atoms with Crippen molar-refractivity contribution in [2.45, 2.75) is 32.9 Å². The second-order valence-electron chi connectivity index (χ2n) is 4.60. The highest BCUT2D eigenvalue weighted by Crippen LogP contribution is 2.12. The maximum absolute atomic E-state index is 12.8. The van der Waals surface area contributed by atoms with Crippen LogP contribution in [0, 0.1) is 5.82 Å². The molecule has 4 heteroatoms. The highest BCUT2D eigenvalue weighted by atomic mass is 19.1. The van der Waals surface area contributed by atoms with E-state index in [1.54, 1.807) is 6.92 Å². The summed E-state index contributed by atoms with van der Waals surface area (Å²) in [6.45, 7) is 6.22. The van der Waals surface area contributed by atoms with Crippen LogP contribution in [0.15, 0.2) is 24.3 Å². The molecule has 0 saturated carbocycles. The summed E-state index contributed by atoms with van der Waals surface area (Å²) >= 11 is 0. The molecule has 1 unspecified atom stereocenters. The Hall–Kier alpha value is -1.26. The van der Waals surface area contributed by atoms with Crippen LogP contribution in [0.3, 0.4) is 0 Å². The van der Waals surface area contributed by atoms with E-state index in [-0.39, 0.29) is 30.3 Å². The zero-order valence-corrected chi connectivity index (χ0v) is 11.1. The average molecular weight is 253 g/mol. The van der Waals surface area contributed by atoms with Crippen molar-refractivity contribution in [2.24, 2.45) is 0 Å². The van der Waals surface area contributed by atoms with Crippen LogP contribution in [0.1, 0.15) is 31.1 Å². The van der Waals surface area contributed by atoms with Gasteiger partial charge in [0, 0.05) is 18.2 Å². The Bertz CT molecular complexity index is 389. The SMILES string of the molecule is CC(C)N(CCO)C(C)C(=O)c1ccc(F)cc1. The lowest BCUT2D eigenvalue weighted by atomic mass is 10.0. The normalized spacial score (nSPS) is 13.1. The van der Waals surface area contributed by atoms with Crippen molar-refractivity contribution in [3.05, 3.63) is 35.6 Å². The third kappa shape index (κ3) is 3.62. The number of halogens is 1. The van der Waals surface area contributed by atoms with Crippen LogP contribution in [0.25, 0.3) is 0 Å². The molecule has 0 saturated heterocycles. The Morgan fingerprint density at radius 1 is 1.28 bits per heavy atom. The van der Waals surface area contributed by atoms with Crippen LogP contribution in [0.2, 0.25) is 0 Å². The standard InChI is InChI=1S/C14H20FNO2/c1-10(2)16(8-9-17)11(3)14(18)12-4-6-13(15)7-5-12/h4-7,10-11,17H,8-9H2,1-3H3. The Kier molecular flexibility index (Phi) is 5.44. The summed E-state index contributed by atoms with van der Waals surface area (Å²) in [7, 11) is 0. The van der Waals surface area contributed by atoms with Crippen molar-refractivity contribution in [1.82, 2.24) is 4.90 Å². The summed E-state index contributed by atoms with van der Waals surface area (Å²) in [4.78, 5) is 14.2. The van der Waals surface area contributed by atoms with Gasteiger partial charge in [0.25, 0.3) is 0 Å². The van der Waals surface area contributed by atoms with Crippen molar-refractivity contribution in [1.29, 1.82) is 0 Å². The molecule has 0 spiro atoms. The molecule has 0 bridgehead atoms. The molecule has 0 radical (unpaired) electrons. The molecule has 1 atom stereocenters. The second-order valence-corrected chi connectivity index (χ2v) is 4.60. The Balaban J connectivity index is 2.84. The molecule has 100 valence electrons. The number of Topliss-reactive ketones (excluding diaryl/α,β-unsaturated/α-hetero) is 1. The number of benzene rings is 1. The predicted octanol–water partition coefficient (Wildman–Crippen LogP) is 2.10. The first-order valence-electron chi connectivity index (χ1n) is 6.13. The summed E-state index contributed by atoms with van der Waals surface area (Å²) in [6.07, 6.45) is 0. The van der Waals surface area contributed by atoms with Gasteiger partial charge in [-0.05, 0) is 45.0 Å². The Morgan fingerprint density at radius 2 is 1.83 bits per heavy atom. The van der Waals surface area contributed by atoms with E-state index in [2.05, 4.69) is 0 Å². The van der Waals surface area contributed by atoms with Crippen LogP contribution in [-0.4, -0.2) is 41.0 Å². The molecule has 1 aromatic carbocycles. The van der Waals surface area contributed by atoms with Crippen molar-refractivity contribution in [2.75, 3.05) is 13.2 Å². The number of carbonyl (C=O) groups is 1. The molecule has 0 aliphatic heterocycles. The average Bonchev–Trinajstić information content (AvgIpc) is 2.35. The van der Waals surface area contributed by atoms with Gasteiger partial charge in [0.2, 0.25) is 0 Å². The smallest absolute Gasteiger partial charge is 0.179 e. The number of ketones is 1. The monoisotopic (exact) mass is 253 g/mol. The summed E-state index contributed by atoms with van der Waals surface area (Å²) in [5.41, 5.74) is 0.493. The minimum atomic E-state index is -0.352. The predicted molar refractivity (Wildman–Crippen MR) is 69.1 cm³/mol. The van der Waals surface area contributed by atoms with E-state index in [4.69, 9.17) is 5.11 Å². The number of rotatable bonds is 6. The van der Waals surface area contributed by atoms with E-state index in [1.807, 2.05) is 18.7 Å². The lowest BCUT2D eigenvalue weighted by Gasteiger charge is -2.31. The maximum atomic E-state index is 12.8. The third-order valence-corrected chi connectivity index (χ3v) is 3.03. The van der Waals surface area contributed by atoms with Gasteiger partial charge in [0.15, 0.2) is 5.78 Å². The molecule has 3 nitrogen and oxygen atoms in total. The molecule has 0 fully saturated rings. The summed E-state index contributed by atoms with van der Waals surface area (Å²) in [5, 5.41) is 9.02. The molecule has 0 amide bonds. The molecule has 0 heterocycles. The van der Waals surface area contributed by atoms with E-state index >= 15 is 0 Å². The van der Waals surface area contributed by atoms with Crippen molar-refractivity contribution < 1.29 is 14.3 Å². The highest BCUT2D eigenvalue weighted by molar-refractivity contribution is 5.99. The van der Waals surface area contributed by atoms with Crippen molar-refractivity contribution in [3.63, 3.8) is 0 Å². The lowest BCUT2D eigenvalue weighted by Crippen LogP contribution is -2.44. The van der Waals surface area contributed by atoms with Gasteiger partial charge in [-0.1, -0.05) is 0 Å². The first-order valence-corrected chi connectivity index (χ1v) is 6.13. The van der Waals surface area contributed by atoms with E-state index in [1.165, 1.54) is 24.3 Å². The molecule has 1 aromatic rings. The first kappa shape index (κ1) is 14.8. The van der Waals surface area contributed by atoms with Gasteiger partial charge < -0.3 is 5.11 Å². The van der Waals surface area contributed by atoms with Crippen LogP contribution < -0.4 is 0 Å². The van der Waals surface area contributed by atoms with Crippen LogP contribution in [0.5, 0.6) is 0 Å². The molecular formula is C14H20FNO2. The molecule has 0 aromatic heterocycles. The fraction of sp³-hybridized carbons (Fsp3) is 0.500. The zero-order chi connectivity index (χ0) is 13.7. The van der Waals surface area contributed by atoms with Gasteiger partial charge >= 0.3 is 0 Å². The number of nitrogens with zero attached hydrogens (tertiary/aromatic N) is 1. The number of aliphatic hydroxyl groups is 1. The van der Waals surface area contributed by atoms with Gasteiger partial charge in [-0.3, -0.25) is 9.69 Å². The van der Waals surface area contributed by atoms with Crippen LogP contribution >= 0.6 is 0 Å². The fourth-order valence-corrected chi connectivity index (χ4v) is 2.02. The number of aliphatic hydroxyl groups excluding tert-OH is 1. The summed E-state index contributed by atoms with van der Waals surface area (Å²) in [5.74, 6) is -0.410. The minimum Gasteiger partial charge on any atom is -0.395 e. The summed E-state index contributed by atoms with van der Waals surface area (Å²) in [6, 6.07) is 5.38. The van der Waals surface area contributed by atoms with Gasteiger partial charge in [-0.2, -0.15) is 0 Å². The van der Waals surface area contributed by atoms with E-state index < -0.39 is 0 Å². The molecular weight excluding hydrogens is 233 g/mol. The molecule has 0 aliphatic carbocycles. The van der Waals surface area contributed by atoms with Crippen molar-refractivity contribution >= 4 is 5.78 Å². The largest absolute Gasteiger partial charge is 0.395 e.